The zero-order valence-electron chi connectivity index (χ0n) is 11.2. The van der Waals surface area contributed by atoms with Crippen LogP contribution in [0.25, 0.3) is 0 Å². The van der Waals surface area contributed by atoms with Gasteiger partial charge in [-0.3, -0.25) is 4.79 Å². The van der Waals surface area contributed by atoms with E-state index in [-0.39, 0.29) is 10.7 Å². The molecular formula is C13H21N3OS. The first-order valence-corrected chi connectivity index (χ1v) is 7.35. The molecule has 0 saturated carbocycles. The number of anilines is 1. The van der Waals surface area contributed by atoms with Gasteiger partial charge in [-0.1, -0.05) is 19.9 Å². The summed E-state index contributed by atoms with van der Waals surface area (Å²) in [7, 11) is 0. The van der Waals surface area contributed by atoms with Crippen LogP contribution >= 0.6 is 11.8 Å². The molecule has 1 heterocycles. The summed E-state index contributed by atoms with van der Waals surface area (Å²) < 4.78 is 0.107. The molecule has 4 nitrogen and oxygen atoms in total. The van der Waals surface area contributed by atoms with Crippen molar-refractivity contribution < 1.29 is 4.79 Å². The van der Waals surface area contributed by atoms with Gasteiger partial charge >= 0.3 is 0 Å². The molecule has 0 aliphatic carbocycles. The molecule has 18 heavy (non-hydrogen) atoms. The average Bonchev–Trinajstić information content (AvgIpc) is 2.40. The molecule has 5 heteroatoms. The summed E-state index contributed by atoms with van der Waals surface area (Å²) in [5, 5.41) is 2.94. The zero-order chi connectivity index (χ0) is 13.6. The Morgan fingerprint density at radius 3 is 2.61 bits per heavy atom. The lowest BCUT2D eigenvalue weighted by Crippen LogP contribution is -2.39. The maximum Gasteiger partial charge on any atom is 0.270 e. The molecule has 1 amide bonds. The standard InChI is InChI=1S/C13H21N3OS/c1-4-13(5-2,18-3)9-15-12(17)10-7-6-8-11(14)16-10/h6-8H,4-5,9H2,1-3H3,(H2,14,16)(H,15,17). The third kappa shape index (κ3) is 3.63. The van der Waals surface area contributed by atoms with E-state index in [9.17, 15) is 4.79 Å². The van der Waals surface area contributed by atoms with Gasteiger partial charge in [0.25, 0.3) is 5.91 Å². The highest BCUT2D eigenvalue weighted by Crippen LogP contribution is 2.29. The van der Waals surface area contributed by atoms with E-state index < -0.39 is 0 Å². The predicted molar refractivity (Wildman–Crippen MR) is 77.8 cm³/mol. The predicted octanol–water partition coefficient (Wildman–Crippen LogP) is 2.32. The van der Waals surface area contributed by atoms with E-state index in [1.165, 1.54) is 0 Å². The van der Waals surface area contributed by atoms with Gasteiger partial charge in [-0.2, -0.15) is 11.8 Å². The number of carbonyl (C=O) groups is 1. The lowest BCUT2D eigenvalue weighted by Gasteiger charge is -2.29. The lowest BCUT2D eigenvalue weighted by molar-refractivity contribution is 0.0944. The number of nitrogens with zero attached hydrogens (tertiary/aromatic N) is 1. The van der Waals surface area contributed by atoms with Crippen molar-refractivity contribution in [1.29, 1.82) is 0 Å². The summed E-state index contributed by atoms with van der Waals surface area (Å²) in [6, 6.07) is 5.07. The van der Waals surface area contributed by atoms with Gasteiger partial charge in [0, 0.05) is 11.3 Å². The van der Waals surface area contributed by atoms with Crippen molar-refractivity contribution in [3.8, 4) is 0 Å². The first-order valence-electron chi connectivity index (χ1n) is 6.12. The molecule has 0 saturated heterocycles. The van der Waals surface area contributed by atoms with E-state index in [0.29, 0.717) is 18.1 Å². The number of nitrogen functional groups attached to an aromatic ring is 1. The quantitative estimate of drug-likeness (QED) is 0.830. The van der Waals surface area contributed by atoms with Crippen LogP contribution in [0.3, 0.4) is 0 Å². The van der Waals surface area contributed by atoms with Gasteiger partial charge in [-0.05, 0) is 31.2 Å². The molecule has 1 aromatic heterocycles. The van der Waals surface area contributed by atoms with Crippen molar-refractivity contribution in [1.82, 2.24) is 10.3 Å². The number of carbonyl (C=O) groups excluding carboxylic acids is 1. The van der Waals surface area contributed by atoms with Crippen molar-refractivity contribution in [3.63, 3.8) is 0 Å². The smallest absolute Gasteiger partial charge is 0.270 e. The molecule has 0 radical (unpaired) electrons. The van der Waals surface area contributed by atoms with Crippen LogP contribution in [0.1, 0.15) is 37.2 Å². The molecule has 0 atom stereocenters. The van der Waals surface area contributed by atoms with E-state index in [1.54, 1.807) is 30.0 Å². The molecule has 1 rings (SSSR count). The molecule has 0 aliphatic rings. The molecule has 3 N–H and O–H groups in total. The summed E-state index contributed by atoms with van der Waals surface area (Å²) in [6.45, 7) is 4.94. The van der Waals surface area contributed by atoms with Crippen molar-refractivity contribution in [3.05, 3.63) is 23.9 Å². The van der Waals surface area contributed by atoms with Gasteiger partial charge in [0.1, 0.15) is 11.5 Å². The third-order valence-corrected chi connectivity index (χ3v) is 4.88. The lowest BCUT2D eigenvalue weighted by atomic mass is 10.0. The van der Waals surface area contributed by atoms with Crippen LogP contribution in [0.5, 0.6) is 0 Å². The Labute approximate surface area is 113 Å². The minimum atomic E-state index is -0.164. The van der Waals surface area contributed by atoms with Crippen LogP contribution in [0.15, 0.2) is 18.2 Å². The minimum absolute atomic E-state index is 0.107. The highest BCUT2D eigenvalue weighted by atomic mass is 32.2. The van der Waals surface area contributed by atoms with Crippen LogP contribution in [0.4, 0.5) is 5.82 Å². The Morgan fingerprint density at radius 1 is 1.44 bits per heavy atom. The Kier molecular flexibility index (Phi) is 5.47. The van der Waals surface area contributed by atoms with Crippen molar-refractivity contribution in [2.75, 3.05) is 18.5 Å². The Morgan fingerprint density at radius 2 is 2.11 bits per heavy atom. The topological polar surface area (TPSA) is 68.0 Å². The second-order valence-electron chi connectivity index (χ2n) is 4.22. The van der Waals surface area contributed by atoms with Gasteiger partial charge in [-0.15, -0.1) is 0 Å². The minimum Gasteiger partial charge on any atom is -0.384 e. The third-order valence-electron chi connectivity index (χ3n) is 3.30. The number of nitrogens with one attached hydrogen (secondary N) is 1. The zero-order valence-corrected chi connectivity index (χ0v) is 12.0. The van der Waals surface area contributed by atoms with E-state index in [4.69, 9.17) is 5.73 Å². The van der Waals surface area contributed by atoms with Gasteiger partial charge in [0.2, 0.25) is 0 Å². The second kappa shape index (κ2) is 6.64. The van der Waals surface area contributed by atoms with E-state index in [1.807, 2.05) is 0 Å². The molecule has 0 bridgehead atoms. The molecule has 0 aliphatic heterocycles. The average molecular weight is 267 g/mol. The molecule has 0 aromatic carbocycles. The number of hydrogen-bond donors (Lipinski definition) is 2. The summed E-state index contributed by atoms with van der Waals surface area (Å²) in [4.78, 5) is 16.0. The molecule has 0 fully saturated rings. The van der Waals surface area contributed by atoms with Crippen LogP contribution in [-0.4, -0.2) is 28.4 Å². The van der Waals surface area contributed by atoms with Crippen molar-refractivity contribution >= 4 is 23.5 Å². The number of rotatable bonds is 6. The number of thioether (sulfide) groups is 1. The van der Waals surface area contributed by atoms with E-state index in [2.05, 4.69) is 30.4 Å². The summed E-state index contributed by atoms with van der Waals surface area (Å²) in [5.74, 6) is 0.201. The van der Waals surface area contributed by atoms with E-state index in [0.717, 1.165) is 12.8 Å². The first kappa shape index (κ1) is 14.8. The van der Waals surface area contributed by atoms with Crippen LogP contribution in [-0.2, 0) is 0 Å². The SMILES string of the molecule is CCC(CC)(CNC(=O)c1cccc(N)n1)SC. The second-order valence-corrected chi connectivity index (χ2v) is 5.50. The Balaban J connectivity index is 2.66. The monoisotopic (exact) mass is 267 g/mol. The Bertz CT molecular complexity index is 397. The fraction of sp³-hybridized carbons (Fsp3) is 0.538. The maximum absolute atomic E-state index is 12.0. The van der Waals surface area contributed by atoms with Crippen LogP contribution < -0.4 is 11.1 Å². The highest BCUT2D eigenvalue weighted by molar-refractivity contribution is 8.00. The number of aromatic nitrogens is 1. The first-order chi connectivity index (χ1) is 8.56. The summed E-state index contributed by atoms with van der Waals surface area (Å²) >= 11 is 1.80. The fourth-order valence-corrected chi connectivity index (χ4v) is 2.56. The largest absolute Gasteiger partial charge is 0.384 e. The van der Waals surface area contributed by atoms with Crippen molar-refractivity contribution in [2.24, 2.45) is 0 Å². The van der Waals surface area contributed by atoms with Gasteiger partial charge < -0.3 is 11.1 Å². The number of nitrogens with two attached hydrogens (primary N) is 1. The van der Waals surface area contributed by atoms with Crippen molar-refractivity contribution in [2.45, 2.75) is 31.4 Å². The highest BCUT2D eigenvalue weighted by Gasteiger charge is 2.25. The fourth-order valence-electron chi connectivity index (χ4n) is 1.77. The molecule has 0 unspecified atom stereocenters. The normalized spacial score (nSPS) is 11.3. The Hall–Kier alpha value is -1.23. The molecule has 100 valence electrons. The van der Waals surface area contributed by atoms with Gasteiger partial charge in [0.15, 0.2) is 0 Å². The molecule has 0 spiro atoms. The summed E-state index contributed by atoms with van der Waals surface area (Å²) in [5.41, 5.74) is 5.93. The summed E-state index contributed by atoms with van der Waals surface area (Å²) in [6.07, 6.45) is 4.13. The van der Waals surface area contributed by atoms with Crippen LogP contribution in [0.2, 0.25) is 0 Å². The molecule has 1 aromatic rings. The van der Waals surface area contributed by atoms with E-state index >= 15 is 0 Å². The number of pyridine rings is 1. The van der Waals surface area contributed by atoms with Crippen LogP contribution in [0, 0.1) is 0 Å². The number of amides is 1. The molecular weight excluding hydrogens is 246 g/mol. The number of hydrogen-bond acceptors (Lipinski definition) is 4. The van der Waals surface area contributed by atoms with Gasteiger partial charge in [0.05, 0.1) is 0 Å². The maximum atomic E-state index is 12.0. The van der Waals surface area contributed by atoms with Gasteiger partial charge in [-0.25, -0.2) is 4.98 Å².